The molecule has 33 heavy (non-hydrogen) atoms. The van der Waals surface area contributed by atoms with Gasteiger partial charge in [0.25, 0.3) is 0 Å². The number of ether oxygens (including phenoxy) is 1. The van der Waals surface area contributed by atoms with E-state index in [2.05, 4.69) is 22.4 Å². The summed E-state index contributed by atoms with van der Waals surface area (Å²) in [5.41, 5.74) is 4.68. The number of carbonyl (C=O) groups excluding carboxylic acids is 2. The Morgan fingerprint density at radius 1 is 1.21 bits per heavy atom. The van der Waals surface area contributed by atoms with Crippen LogP contribution < -0.4 is 10.2 Å². The van der Waals surface area contributed by atoms with E-state index in [0.29, 0.717) is 19.5 Å². The number of benzene rings is 1. The van der Waals surface area contributed by atoms with Gasteiger partial charge < -0.3 is 19.9 Å². The van der Waals surface area contributed by atoms with Crippen molar-refractivity contribution < 1.29 is 15.8 Å². The molecule has 2 aromatic rings. The van der Waals surface area contributed by atoms with E-state index in [4.69, 9.17) is 4.74 Å². The quantitative estimate of drug-likeness (QED) is 0.755. The van der Waals surface area contributed by atoms with Crippen LogP contribution in [0.1, 0.15) is 44.7 Å². The Kier molecular flexibility index (Phi) is 5.89. The smallest absolute Gasteiger partial charge is 0.230 e. The van der Waals surface area contributed by atoms with Crippen molar-refractivity contribution in [1.29, 1.82) is 0 Å². The van der Waals surface area contributed by atoms with E-state index in [9.17, 15) is 9.59 Å². The van der Waals surface area contributed by atoms with Crippen LogP contribution in [0, 0.1) is 5.92 Å². The van der Waals surface area contributed by atoms with Gasteiger partial charge in [0.1, 0.15) is 5.82 Å². The van der Waals surface area contributed by atoms with Gasteiger partial charge in [-0.3, -0.25) is 9.59 Å². The van der Waals surface area contributed by atoms with Crippen LogP contribution in [0.2, 0.25) is 0 Å². The van der Waals surface area contributed by atoms with Crippen LogP contribution in [0.3, 0.4) is 0 Å². The number of anilines is 3. The van der Waals surface area contributed by atoms with Crippen molar-refractivity contribution in [3.8, 4) is 0 Å². The molecule has 1 saturated carbocycles. The maximum Gasteiger partial charge on any atom is 0.230 e. The first-order valence-electron chi connectivity index (χ1n) is 11.7. The minimum Gasteiger partial charge on any atom is -0.381 e. The molecule has 0 bridgehead atoms. The molecule has 0 saturated heterocycles. The standard InChI is InChI=1S/C26H30N4O3.H2/c1-29-13-11-19(15-24(29)31)18-7-10-22-23(14-18)30(16-20-4-3-12-27-25(20)28-22)26(32)17-5-8-21(33-2)9-6-17;/h3-4,7,10-12,14,17,21H,5-6,8-9,13,15-16H2,1-2H3,(H,27,28);1H. The SMILES string of the molecule is COC1CCC(C(=O)N2Cc3cccnc3Nc3ccc(C4=CCN(C)C(=O)C4)cc32)CC1.[HH]. The van der Waals surface area contributed by atoms with E-state index in [1.165, 1.54) is 0 Å². The van der Waals surface area contributed by atoms with Crippen LogP contribution in [0.4, 0.5) is 17.2 Å². The molecule has 1 aromatic heterocycles. The number of likely N-dealkylation sites (N-methyl/N-ethyl adjacent to an activating group) is 1. The summed E-state index contributed by atoms with van der Waals surface area (Å²) in [6, 6.07) is 10.00. The van der Waals surface area contributed by atoms with Gasteiger partial charge in [-0.1, -0.05) is 18.2 Å². The Labute approximate surface area is 195 Å². The van der Waals surface area contributed by atoms with Crippen molar-refractivity contribution in [1.82, 2.24) is 9.88 Å². The molecule has 0 atom stereocenters. The van der Waals surface area contributed by atoms with E-state index >= 15 is 0 Å². The Bertz CT molecular complexity index is 1110. The van der Waals surface area contributed by atoms with E-state index in [-0.39, 0.29) is 25.3 Å². The Hall–Kier alpha value is -3.19. The van der Waals surface area contributed by atoms with Crippen molar-refractivity contribution in [3.05, 3.63) is 53.7 Å². The lowest BCUT2D eigenvalue weighted by molar-refractivity contribution is -0.128. The van der Waals surface area contributed by atoms with Crippen LogP contribution in [-0.4, -0.2) is 48.5 Å². The third-order valence-corrected chi connectivity index (χ3v) is 7.13. The summed E-state index contributed by atoms with van der Waals surface area (Å²) in [7, 11) is 3.57. The maximum absolute atomic E-state index is 13.8. The first kappa shape index (κ1) is 21.6. The zero-order valence-corrected chi connectivity index (χ0v) is 19.2. The number of hydrogen-bond donors (Lipinski definition) is 1. The molecular formula is C26H32N4O3. The van der Waals surface area contributed by atoms with Crippen molar-refractivity contribution in [2.24, 2.45) is 5.92 Å². The first-order valence-corrected chi connectivity index (χ1v) is 11.7. The Morgan fingerprint density at radius 2 is 2.03 bits per heavy atom. The average molecular weight is 449 g/mol. The number of fused-ring (bicyclic) bond motifs is 2. The fraction of sp³-hybridized carbons (Fsp3) is 0.423. The number of amides is 2. The monoisotopic (exact) mass is 448 g/mol. The number of nitrogens with zero attached hydrogens (tertiary/aromatic N) is 3. The van der Waals surface area contributed by atoms with Gasteiger partial charge in [-0.2, -0.15) is 0 Å². The van der Waals surface area contributed by atoms with Gasteiger partial charge in [0.05, 0.1) is 30.4 Å². The molecule has 1 aliphatic carbocycles. The predicted molar refractivity (Wildman–Crippen MR) is 130 cm³/mol. The number of rotatable bonds is 3. The highest BCUT2D eigenvalue weighted by molar-refractivity contribution is 6.01. The molecular weight excluding hydrogens is 416 g/mol. The van der Waals surface area contributed by atoms with Crippen LogP contribution in [-0.2, 0) is 20.9 Å². The van der Waals surface area contributed by atoms with Gasteiger partial charge in [0.2, 0.25) is 11.8 Å². The zero-order valence-electron chi connectivity index (χ0n) is 19.2. The van der Waals surface area contributed by atoms with Crippen molar-refractivity contribution in [2.45, 2.75) is 44.8 Å². The Morgan fingerprint density at radius 3 is 2.79 bits per heavy atom. The summed E-state index contributed by atoms with van der Waals surface area (Å²) in [6.07, 6.45) is 7.97. The molecule has 0 unspecified atom stereocenters. The summed E-state index contributed by atoms with van der Waals surface area (Å²) < 4.78 is 5.51. The highest BCUT2D eigenvalue weighted by Crippen LogP contribution is 2.39. The minimum absolute atomic E-state index is 0. The van der Waals surface area contributed by atoms with E-state index in [1.54, 1.807) is 18.2 Å². The molecule has 1 N–H and O–H groups in total. The highest BCUT2D eigenvalue weighted by atomic mass is 16.5. The van der Waals surface area contributed by atoms with Crippen LogP contribution in [0.15, 0.2) is 42.6 Å². The van der Waals surface area contributed by atoms with E-state index < -0.39 is 0 Å². The van der Waals surface area contributed by atoms with Gasteiger partial charge in [-0.05, 0) is 55.0 Å². The van der Waals surface area contributed by atoms with Crippen molar-refractivity contribution >= 4 is 34.6 Å². The summed E-state index contributed by atoms with van der Waals surface area (Å²) in [5, 5.41) is 3.43. The molecule has 7 nitrogen and oxygen atoms in total. The topological polar surface area (TPSA) is 74.8 Å². The normalized spacial score (nSPS) is 22.6. The third-order valence-electron chi connectivity index (χ3n) is 7.13. The van der Waals surface area contributed by atoms with Crippen molar-refractivity contribution in [2.75, 3.05) is 30.9 Å². The minimum atomic E-state index is -0.0183. The molecule has 2 amide bonds. The number of hydrogen-bond acceptors (Lipinski definition) is 5. The van der Waals surface area contributed by atoms with E-state index in [0.717, 1.165) is 59.6 Å². The van der Waals surface area contributed by atoms with E-state index in [1.807, 2.05) is 36.2 Å². The van der Waals surface area contributed by atoms with Gasteiger partial charge in [-0.15, -0.1) is 0 Å². The molecule has 5 rings (SSSR count). The number of methoxy groups -OCH3 is 1. The first-order chi connectivity index (χ1) is 16.0. The van der Waals surface area contributed by atoms with Crippen LogP contribution in [0.5, 0.6) is 0 Å². The summed E-state index contributed by atoms with van der Waals surface area (Å²) in [6.45, 7) is 1.07. The van der Waals surface area contributed by atoms with Crippen LogP contribution in [0.25, 0.3) is 5.57 Å². The molecule has 3 aliphatic rings. The Balaban J connectivity index is 0.00000274. The lowest BCUT2D eigenvalue weighted by atomic mass is 9.86. The van der Waals surface area contributed by atoms with Gasteiger partial charge in [0.15, 0.2) is 0 Å². The molecule has 1 aromatic carbocycles. The van der Waals surface area contributed by atoms with Gasteiger partial charge in [-0.25, -0.2) is 4.98 Å². The molecule has 3 heterocycles. The molecule has 2 aliphatic heterocycles. The van der Waals surface area contributed by atoms with Crippen molar-refractivity contribution in [3.63, 3.8) is 0 Å². The number of nitrogens with one attached hydrogen (secondary N) is 1. The zero-order chi connectivity index (χ0) is 22.9. The largest absolute Gasteiger partial charge is 0.381 e. The molecule has 0 radical (unpaired) electrons. The maximum atomic E-state index is 13.8. The lowest BCUT2D eigenvalue weighted by Crippen LogP contribution is -2.38. The number of pyridine rings is 1. The van der Waals surface area contributed by atoms with Crippen LogP contribution >= 0.6 is 0 Å². The molecule has 0 spiro atoms. The molecule has 1 fully saturated rings. The number of aromatic nitrogens is 1. The van der Waals surface area contributed by atoms with Gasteiger partial charge >= 0.3 is 0 Å². The summed E-state index contributed by atoms with van der Waals surface area (Å²) in [4.78, 5) is 34.3. The molecule has 7 heteroatoms. The fourth-order valence-electron chi connectivity index (χ4n) is 5.02. The van der Waals surface area contributed by atoms with Gasteiger partial charge in [0, 0.05) is 39.8 Å². The highest BCUT2D eigenvalue weighted by Gasteiger charge is 2.33. The number of carbonyl (C=O) groups is 2. The second-order valence-electron chi connectivity index (χ2n) is 9.18. The second-order valence-corrected chi connectivity index (χ2v) is 9.18. The average Bonchev–Trinajstić information content (AvgIpc) is 3.01. The summed E-state index contributed by atoms with van der Waals surface area (Å²) >= 11 is 0. The summed E-state index contributed by atoms with van der Waals surface area (Å²) in [5.74, 6) is 1.02. The molecule has 174 valence electrons. The third kappa shape index (κ3) is 4.25. The predicted octanol–water partition coefficient (Wildman–Crippen LogP) is 4.37. The fourth-order valence-corrected chi connectivity index (χ4v) is 5.02. The second kappa shape index (κ2) is 8.98. The lowest BCUT2D eigenvalue weighted by Gasteiger charge is -2.32.